The summed E-state index contributed by atoms with van der Waals surface area (Å²) in [6.45, 7) is 0. The Labute approximate surface area is 144 Å². The lowest BCUT2D eigenvalue weighted by Gasteiger charge is -2.25. The van der Waals surface area contributed by atoms with Gasteiger partial charge in [0.15, 0.2) is 5.43 Å². The molecule has 0 bridgehead atoms. The molecule has 4 nitrogen and oxygen atoms in total. The van der Waals surface area contributed by atoms with Crippen LogP contribution in [0.3, 0.4) is 0 Å². The standard InChI is InChI=1S/C21H15N3O/c25-19-13-20(23-15-7-2-1-3-8-15)24-18-9-5-4-6-14(18)12-17-21(24)16(19)10-11-22-17/h1-11,13,23H,12H2. The molecule has 1 aliphatic rings. The Balaban J connectivity index is 1.86. The number of para-hydroxylation sites is 2. The van der Waals surface area contributed by atoms with Crippen molar-refractivity contribution in [2.45, 2.75) is 6.42 Å². The second-order valence-electron chi connectivity index (χ2n) is 6.18. The molecule has 0 radical (unpaired) electrons. The summed E-state index contributed by atoms with van der Waals surface area (Å²) in [5.74, 6) is 0.755. The van der Waals surface area contributed by atoms with Crippen LogP contribution in [0.1, 0.15) is 11.3 Å². The summed E-state index contributed by atoms with van der Waals surface area (Å²) in [4.78, 5) is 17.2. The van der Waals surface area contributed by atoms with Crippen molar-refractivity contribution >= 4 is 22.4 Å². The number of rotatable bonds is 2. The Morgan fingerprint density at radius 2 is 1.76 bits per heavy atom. The normalized spacial score (nSPS) is 12.0. The van der Waals surface area contributed by atoms with Crippen molar-refractivity contribution in [1.82, 2.24) is 9.55 Å². The highest BCUT2D eigenvalue weighted by atomic mass is 16.1. The molecule has 3 heterocycles. The lowest BCUT2D eigenvalue weighted by Crippen LogP contribution is -2.18. The smallest absolute Gasteiger partial charge is 0.191 e. The molecule has 2 aromatic carbocycles. The summed E-state index contributed by atoms with van der Waals surface area (Å²) in [5, 5.41) is 4.10. The first-order valence-electron chi connectivity index (χ1n) is 8.25. The van der Waals surface area contributed by atoms with E-state index in [0.717, 1.165) is 34.8 Å². The predicted molar refractivity (Wildman–Crippen MR) is 99.9 cm³/mol. The van der Waals surface area contributed by atoms with Crippen LogP contribution in [-0.4, -0.2) is 9.55 Å². The van der Waals surface area contributed by atoms with Crippen molar-refractivity contribution in [2.24, 2.45) is 0 Å². The maximum Gasteiger partial charge on any atom is 0.191 e. The second kappa shape index (κ2) is 5.31. The van der Waals surface area contributed by atoms with Crippen LogP contribution < -0.4 is 10.7 Å². The summed E-state index contributed by atoms with van der Waals surface area (Å²) in [7, 11) is 0. The van der Waals surface area contributed by atoms with Crippen LogP contribution in [0, 0.1) is 0 Å². The number of aromatic nitrogens is 2. The number of hydrogen-bond acceptors (Lipinski definition) is 3. The number of hydrogen-bond donors (Lipinski definition) is 1. The Morgan fingerprint density at radius 1 is 0.960 bits per heavy atom. The number of benzene rings is 2. The molecule has 5 rings (SSSR count). The fraction of sp³-hybridized carbons (Fsp3) is 0.0476. The molecule has 0 spiro atoms. The maximum absolute atomic E-state index is 12.7. The summed E-state index contributed by atoms with van der Waals surface area (Å²) in [6.07, 6.45) is 2.46. The third-order valence-electron chi connectivity index (χ3n) is 4.63. The van der Waals surface area contributed by atoms with Crippen LogP contribution in [0.2, 0.25) is 0 Å². The third kappa shape index (κ3) is 2.15. The number of pyridine rings is 2. The number of nitrogens with one attached hydrogen (secondary N) is 1. The molecule has 4 aromatic rings. The SMILES string of the molecule is O=c1cc(Nc2ccccc2)n2c3c(nccc13)Cc1ccccc1-2. The van der Waals surface area contributed by atoms with Crippen LogP contribution in [0.15, 0.2) is 77.7 Å². The van der Waals surface area contributed by atoms with Gasteiger partial charge in [-0.1, -0.05) is 36.4 Å². The first-order chi connectivity index (χ1) is 12.3. The van der Waals surface area contributed by atoms with Crippen LogP contribution >= 0.6 is 0 Å². The fourth-order valence-electron chi connectivity index (χ4n) is 3.53. The number of nitrogens with zero attached hydrogens (tertiary/aromatic N) is 2. The van der Waals surface area contributed by atoms with Gasteiger partial charge in [-0.3, -0.25) is 14.3 Å². The largest absolute Gasteiger partial charge is 0.341 e. The van der Waals surface area contributed by atoms with Gasteiger partial charge in [-0.2, -0.15) is 0 Å². The van der Waals surface area contributed by atoms with Crippen molar-refractivity contribution in [2.75, 3.05) is 5.32 Å². The van der Waals surface area contributed by atoms with Crippen molar-refractivity contribution in [3.63, 3.8) is 0 Å². The molecular formula is C21H15N3O. The van der Waals surface area contributed by atoms with Gasteiger partial charge >= 0.3 is 0 Å². The molecule has 0 atom stereocenters. The predicted octanol–water partition coefficient (Wildman–Crippen LogP) is 4.03. The molecule has 0 fully saturated rings. The lowest BCUT2D eigenvalue weighted by molar-refractivity contribution is 0.965. The fourth-order valence-corrected chi connectivity index (χ4v) is 3.53. The van der Waals surface area contributed by atoms with Crippen molar-refractivity contribution in [3.8, 4) is 5.69 Å². The van der Waals surface area contributed by atoms with Gasteiger partial charge in [-0.25, -0.2) is 0 Å². The van der Waals surface area contributed by atoms with E-state index in [4.69, 9.17) is 0 Å². The highest BCUT2D eigenvalue weighted by Gasteiger charge is 2.21. The van der Waals surface area contributed by atoms with E-state index < -0.39 is 0 Å². The first-order valence-corrected chi connectivity index (χ1v) is 8.25. The number of fused-ring (bicyclic) bond motifs is 2. The average molecular weight is 325 g/mol. The monoisotopic (exact) mass is 325 g/mol. The molecule has 0 saturated heterocycles. The molecule has 1 N–H and O–H groups in total. The second-order valence-corrected chi connectivity index (χ2v) is 6.18. The van der Waals surface area contributed by atoms with E-state index in [-0.39, 0.29) is 5.43 Å². The average Bonchev–Trinajstić information content (AvgIpc) is 2.65. The third-order valence-corrected chi connectivity index (χ3v) is 4.63. The molecule has 4 heteroatoms. The lowest BCUT2D eigenvalue weighted by atomic mass is 10.00. The maximum atomic E-state index is 12.7. The molecule has 0 amide bonds. The zero-order chi connectivity index (χ0) is 16.8. The molecule has 0 unspecified atom stereocenters. The Morgan fingerprint density at radius 3 is 2.64 bits per heavy atom. The Bertz CT molecular complexity index is 1160. The van der Waals surface area contributed by atoms with E-state index in [0.29, 0.717) is 5.39 Å². The minimum atomic E-state index is 0.00714. The van der Waals surface area contributed by atoms with Gasteiger partial charge in [0.25, 0.3) is 0 Å². The summed E-state index contributed by atoms with van der Waals surface area (Å²) in [5.41, 5.74) is 5.07. The van der Waals surface area contributed by atoms with Crippen molar-refractivity contribution < 1.29 is 0 Å². The van der Waals surface area contributed by atoms with E-state index in [1.807, 2.05) is 42.5 Å². The Kier molecular flexibility index (Phi) is 2.97. The van der Waals surface area contributed by atoms with Gasteiger partial charge < -0.3 is 5.32 Å². The molecule has 120 valence electrons. The number of anilines is 2. The molecule has 25 heavy (non-hydrogen) atoms. The highest BCUT2D eigenvalue weighted by molar-refractivity contribution is 5.87. The molecule has 2 aromatic heterocycles. The van der Waals surface area contributed by atoms with Gasteiger partial charge in [-0.05, 0) is 29.8 Å². The molecule has 1 aliphatic heterocycles. The summed E-state index contributed by atoms with van der Waals surface area (Å²) < 4.78 is 2.12. The van der Waals surface area contributed by atoms with Gasteiger partial charge in [0.1, 0.15) is 5.82 Å². The van der Waals surface area contributed by atoms with E-state index in [1.54, 1.807) is 18.3 Å². The van der Waals surface area contributed by atoms with Gasteiger partial charge in [0.05, 0.1) is 16.9 Å². The highest BCUT2D eigenvalue weighted by Crippen LogP contribution is 2.33. The van der Waals surface area contributed by atoms with Crippen molar-refractivity contribution in [1.29, 1.82) is 0 Å². The van der Waals surface area contributed by atoms with Crippen LogP contribution in [0.5, 0.6) is 0 Å². The molecular weight excluding hydrogens is 310 g/mol. The Hall–Kier alpha value is -3.40. The van der Waals surface area contributed by atoms with Crippen LogP contribution in [-0.2, 0) is 6.42 Å². The molecule has 0 aliphatic carbocycles. The van der Waals surface area contributed by atoms with E-state index in [2.05, 4.69) is 27.0 Å². The quantitative estimate of drug-likeness (QED) is 0.533. The first kappa shape index (κ1) is 14.0. The van der Waals surface area contributed by atoms with Crippen molar-refractivity contribution in [3.05, 3.63) is 94.4 Å². The zero-order valence-corrected chi connectivity index (χ0v) is 13.4. The molecule has 0 saturated carbocycles. The van der Waals surface area contributed by atoms with Gasteiger partial charge in [0.2, 0.25) is 0 Å². The minimum Gasteiger partial charge on any atom is -0.341 e. The minimum absolute atomic E-state index is 0.00714. The topological polar surface area (TPSA) is 46.9 Å². The van der Waals surface area contributed by atoms with E-state index in [1.165, 1.54) is 5.56 Å². The summed E-state index contributed by atoms with van der Waals surface area (Å²) in [6, 6.07) is 21.6. The van der Waals surface area contributed by atoms with Crippen LogP contribution in [0.4, 0.5) is 11.5 Å². The van der Waals surface area contributed by atoms with Gasteiger partial charge in [0, 0.05) is 29.8 Å². The van der Waals surface area contributed by atoms with Gasteiger partial charge in [-0.15, -0.1) is 0 Å². The summed E-state index contributed by atoms with van der Waals surface area (Å²) >= 11 is 0. The van der Waals surface area contributed by atoms with E-state index >= 15 is 0 Å². The zero-order valence-electron chi connectivity index (χ0n) is 13.4. The van der Waals surface area contributed by atoms with E-state index in [9.17, 15) is 4.79 Å². The van der Waals surface area contributed by atoms with Crippen LogP contribution in [0.25, 0.3) is 16.6 Å².